The Balaban J connectivity index is 4.15. The molecule has 0 aliphatic carbocycles. The van der Waals surface area contributed by atoms with Crippen molar-refractivity contribution in [3.8, 4) is 0 Å². The van der Waals surface area contributed by atoms with Crippen LogP contribution in [0.4, 0.5) is 0 Å². The van der Waals surface area contributed by atoms with Crippen LogP contribution in [0.25, 0.3) is 0 Å². The first-order valence-corrected chi connectivity index (χ1v) is 20.3. The van der Waals surface area contributed by atoms with Crippen LogP contribution in [-0.2, 0) is 14.3 Å². The molecule has 2 atom stereocenters. The predicted molar refractivity (Wildman–Crippen MR) is 197 cm³/mol. The van der Waals surface area contributed by atoms with Gasteiger partial charge in [-0.25, -0.2) is 0 Å². The van der Waals surface area contributed by atoms with Crippen molar-refractivity contribution in [1.29, 1.82) is 0 Å². The summed E-state index contributed by atoms with van der Waals surface area (Å²) in [4.78, 5) is 15.1. The van der Waals surface area contributed by atoms with Crippen molar-refractivity contribution in [2.75, 3.05) is 40.1 Å². The molecular weight excluding hydrogens is 574 g/mol. The first-order chi connectivity index (χ1) is 22.6. The Labute approximate surface area is 287 Å². The van der Waals surface area contributed by atoms with E-state index in [-0.39, 0.29) is 18.6 Å². The molecule has 6 heteroatoms. The van der Waals surface area contributed by atoms with Crippen molar-refractivity contribution in [2.45, 2.75) is 212 Å². The summed E-state index contributed by atoms with van der Waals surface area (Å²) in [6.07, 6.45) is 34.4. The molecule has 0 heterocycles. The quantitative estimate of drug-likeness (QED) is 0.0647. The summed E-state index contributed by atoms with van der Waals surface area (Å²) in [5.74, 6) is 0.0906. The molecule has 0 aromatic carbocycles. The Morgan fingerprint density at radius 3 is 1.41 bits per heavy atom. The number of aliphatic hydroxyl groups excluding tert-OH is 2. The summed E-state index contributed by atoms with van der Waals surface area (Å²) in [6, 6.07) is -0.383. The Kier molecular flexibility index (Phi) is 36.6. The third kappa shape index (κ3) is 29.4. The lowest BCUT2D eigenvalue weighted by Crippen LogP contribution is -2.49. The molecule has 0 saturated heterocycles. The third-order valence-corrected chi connectivity index (χ3v) is 9.52. The number of hydrogen-bond donors (Lipinski definition) is 2. The largest absolute Gasteiger partial charge is 0.394 e. The molecule has 2 unspecified atom stereocenters. The van der Waals surface area contributed by atoms with E-state index < -0.39 is 6.10 Å². The fraction of sp³-hybridized carbons (Fsp3) is 0.975. The molecule has 0 bridgehead atoms. The van der Waals surface area contributed by atoms with Gasteiger partial charge in [-0.1, -0.05) is 162 Å². The molecule has 0 rings (SSSR count). The van der Waals surface area contributed by atoms with Gasteiger partial charge in [0.05, 0.1) is 18.8 Å². The van der Waals surface area contributed by atoms with Crippen LogP contribution in [0.1, 0.15) is 200 Å². The van der Waals surface area contributed by atoms with Gasteiger partial charge in [0, 0.05) is 39.9 Å². The number of hydrogen-bond acceptors (Lipinski definition) is 5. The number of nitrogens with zero attached hydrogens (tertiary/aromatic N) is 1. The van der Waals surface area contributed by atoms with Crippen LogP contribution < -0.4 is 0 Å². The van der Waals surface area contributed by atoms with Crippen LogP contribution in [0.5, 0.6) is 0 Å². The summed E-state index contributed by atoms with van der Waals surface area (Å²) in [7, 11) is 1.67. The zero-order chi connectivity index (χ0) is 33.8. The molecule has 0 saturated carbocycles. The van der Waals surface area contributed by atoms with Crippen LogP contribution in [0, 0.1) is 0 Å². The highest BCUT2D eigenvalue weighted by Gasteiger charge is 2.28. The molecule has 0 fully saturated rings. The second-order valence-electron chi connectivity index (χ2n) is 13.9. The number of ether oxygens (including phenoxy) is 2. The average molecular weight is 656 g/mol. The van der Waals surface area contributed by atoms with E-state index >= 15 is 0 Å². The molecule has 46 heavy (non-hydrogen) atoms. The van der Waals surface area contributed by atoms with E-state index in [1.807, 2.05) is 4.90 Å². The molecule has 0 aliphatic heterocycles. The predicted octanol–water partition coefficient (Wildman–Crippen LogP) is 10.6. The van der Waals surface area contributed by atoms with Crippen molar-refractivity contribution < 1.29 is 24.5 Å². The van der Waals surface area contributed by atoms with E-state index in [9.17, 15) is 15.0 Å². The van der Waals surface area contributed by atoms with Gasteiger partial charge in [-0.2, -0.15) is 0 Å². The lowest BCUT2D eigenvalue weighted by atomic mass is 10.0. The van der Waals surface area contributed by atoms with E-state index in [0.717, 1.165) is 38.7 Å². The molecule has 1 amide bonds. The Morgan fingerprint density at radius 1 is 0.565 bits per heavy atom. The maximum atomic E-state index is 13.3. The molecule has 2 N–H and O–H groups in total. The minimum absolute atomic E-state index is 0.0906. The van der Waals surface area contributed by atoms with Gasteiger partial charge in [0.25, 0.3) is 0 Å². The molecule has 276 valence electrons. The first-order valence-electron chi connectivity index (χ1n) is 20.3. The summed E-state index contributed by atoms with van der Waals surface area (Å²) >= 11 is 0. The van der Waals surface area contributed by atoms with Crippen molar-refractivity contribution in [3.05, 3.63) is 0 Å². The van der Waals surface area contributed by atoms with Crippen molar-refractivity contribution in [2.24, 2.45) is 0 Å². The van der Waals surface area contributed by atoms with E-state index in [2.05, 4.69) is 13.8 Å². The highest BCUT2D eigenvalue weighted by atomic mass is 16.5. The Morgan fingerprint density at radius 2 is 0.978 bits per heavy atom. The lowest BCUT2D eigenvalue weighted by molar-refractivity contribution is -0.137. The summed E-state index contributed by atoms with van der Waals surface area (Å²) < 4.78 is 11.2. The van der Waals surface area contributed by atoms with E-state index in [0.29, 0.717) is 32.6 Å². The zero-order valence-corrected chi connectivity index (χ0v) is 31.3. The van der Waals surface area contributed by atoms with Crippen LogP contribution >= 0.6 is 0 Å². The summed E-state index contributed by atoms with van der Waals surface area (Å²) in [6.45, 7) is 6.74. The van der Waals surface area contributed by atoms with Crippen LogP contribution in [0.2, 0.25) is 0 Å². The number of aliphatic hydroxyl groups is 2. The van der Waals surface area contributed by atoms with Crippen LogP contribution in [-0.4, -0.2) is 73.2 Å². The topological polar surface area (TPSA) is 79.2 Å². The highest BCUT2D eigenvalue weighted by Crippen LogP contribution is 2.18. The monoisotopic (exact) mass is 656 g/mol. The second kappa shape index (κ2) is 37.1. The lowest BCUT2D eigenvalue weighted by Gasteiger charge is -2.35. The fourth-order valence-corrected chi connectivity index (χ4v) is 6.51. The molecule has 0 aromatic heterocycles. The Bertz CT molecular complexity index is 604. The SMILES string of the molecule is CCCCCCCCCCCCCCCCOCCCC(C(O)CO)N(CCCOC)C(=O)CCCCCCCCCCCCC. The second-order valence-corrected chi connectivity index (χ2v) is 13.9. The molecule has 0 spiro atoms. The first kappa shape index (κ1) is 45.3. The highest BCUT2D eigenvalue weighted by molar-refractivity contribution is 5.76. The van der Waals surface area contributed by atoms with Gasteiger partial charge in [0.15, 0.2) is 0 Å². The fourth-order valence-electron chi connectivity index (χ4n) is 6.51. The van der Waals surface area contributed by atoms with Crippen molar-refractivity contribution in [1.82, 2.24) is 4.90 Å². The van der Waals surface area contributed by atoms with Gasteiger partial charge in [0.2, 0.25) is 5.91 Å². The van der Waals surface area contributed by atoms with Gasteiger partial charge >= 0.3 is 0 Å². The number of carbonyl (C=O) groups excluding carboxylic acids is 1. The van der Waals surface area contributed by atoms with E-state index in [1.54, 1.807) is 7.11 Å². The third-order valence-electron chi connectivity index (χ3n) is 9.52. The van der Waals surface area contributed by atoms with Gasteiger partial charge in [0.1, 0.15) is 0 Å². The van der Waals surface area contributed by atoms with Crippen LogP contribution in [0.15, 0.2) is 0 Å². The van der Waals surface area contributed by atoms with Crippen molar-refractivity contribution >= 4 is 5.91 Å². The van der Waals surface area contributed by atoms with Gasteiger partial charge in [-0.15, -0.1) is 0 Å². The maximum absolute atomic E-state index is 13.3. The molecule has 0 aromatic rings. The van der Waals surface area contributed by atoms with Gasteiger partial charge in [-0.3, -0.25) is 4.79 Å². The smallest absolute Gasteiger partial charge is 0.222 e. The summed E-state index contributed by atoms with van der Waals surface area (Å²) in [5.41, 5.74) is 0. The number of carbonyl (C=O) groups is 1. The maximum Gasteiger partial charge on any atom is 0.222 e. The number of rotatable bonds is 38. The molecule has 6 nitrogen and oxygen atoms in total. The summed E-state index contributed by atoms with van der Waals surface area (Å²) in [5, 5.41) is 20.5. The molecular formula is C40H81NO5. The van der Waals surface area contributed by atoms with Crippen molar-refractivity contribution in [3.63, 3.8) is 0 Å². The molecule has 0 aliphatic rings. The standard InChI is InChI=1S/C40H81NO5/c1-4-6-8-10-12-14-16-17-18-20-22-24-26-28-35-46-36-29-31-38(39(43)37-42)41(33-30-34-45-3)40(44)32-27-25-23-21-19-15-13-11-9-7-5-2/h38-39,42-43H,4-37H2,1-3H3. The average Bonchev–Trinajstić information content (AvgIpc) is 3.06. The van der Waals surface area contributed by atoms with Gasteiger partial charge in [-0.05, 0) is 32.1 Å². The van der Waals surface area contributed by atoms with Gasteiger partial charge < -0.3 is 24.6 Å². The number of methoxy groups -OCH3 is 1. The van der Waals surface area contributed by atoms with E-state index in [4.69, 9.17) is 9.47 Å². The zero-order valence-electron chi connectivity index (χ0n) is 31.3. The normalized spacial score (nSPS) is 12.9. The number of unbranched alkanes of at least 4 members (excludes halogenated alkanes) is 23. The van der Waals surface area contributed by atoms with Crippen LogP contribution in [0.3, 0.4) is 0 Å². The number of amides is 1. The Hall–Kier alpha value is -0.690. The molecule has 0 radical (unpaired) electrons. The minimum atomic E-state index is -0.936. The van der Waals surface area contributed by atoms with E-state index in [1.165, 1.54) is 141 Å². The minimum Gasteiger partial charge on any atom is -0.394 e.